The van der Waals surface area contributed by atoms with Crippen LogP contribution >= 0.6 is 0 Å². The summed E-state index contributed by atoms with van der Waals surface area (Å²) in [4.78, 5) is 71.2. The molecule has 1 aromatic carbocycles. The number of amides is 5. The van der Waals surface area contributed by atoms with E-state index in [9.17, 15) is 29.1 Å². The summed E-state index contributed by atoms with van der Waals surface area (Å²) in [5, 5.41) is 23.6. The lowest BCUT2D eigenvalue weighted by atomic mass is 9.89. The smallest absolute Gasteiger partial charge is 0.394 e. The lowest BCUT2D eigenvalue weighted by molar-refractivity contribution is -0.362. The zero-order chi connectivity index (χ0) is 54.8. The molecule has 1 unspecified atom stereocenters. The van der Waals surface area contributed by atoms with Crippen molar-refractivity contribution in [2.75, 3.05) is 40.9 Å². The SMILES string of the molecule is CC[C@H](C)[C@@H]([C@@H](CC(O)N1CCC[C@H]1[C@H](OC)[C@@H](C)C(=O)N[C@H](CC(=O)NCCNC(=O)CCC1=[N+]2C(=Cc3c(C)cc(C)n3[B-]2(F)F)C=C1)Cc1ccccc1)OC)N(C)C(=O)[C@@H](NC(=O)C(C)(C)N)C(C)C. The third-order valence-corrected chi connectivity index (χ3v) is 15.1. The summed E-state index contributed by atoms with van der Waals surface area (Å²) in [6.07, 6.45) is 5.42. The Kier molecular flexibility index (Phi) is 20.9. The van der Waals surface area contributed by atoms with Crippen molar-refractivity contribution in [1.82, 2.24) is 35.5 Å². The maximum atomic E-state index is 15.9. The molecule has 7 N–H and O–H groups in total. The molecule has 1 aromatic heterocycles. The molecule has 1 fully saturated rings. The van der Waals surface area contributed by atoms with Crippen LogP contribution in [0.3, 0.4) is 0 Å². The molecule has 0 spiro atoms. The molecule has 0 bridgehead atoms. The van der Waals surface area contributed by atoms with Gasteiger partial charge in [-0.3, -0.25) is 28.9 Å². The molecular weight excluding hydrogens is 951 g/mol. The summed E-state index contributed by atoms with van der Waals surface area (Å²) in [6, 6.07) is 8.99. The van der Waals surface area contributed by atoms with Crippen LogP contribution in [0.4, 0.5) is 8.63 Å². The Bertz CT molecular complexity index is 2390. The fourth-order valence-electron chi connectivity index (χ4n) is 10.9. The molecule has 5 amide bonds. The van der Waals surface area contributed by atoms with Gasteiger partial charge in [-0.05, 0) is 81.7 Å². The van der Waals surface area contributed by atoms with Crippen LogP contribution in [-0.4, -0.2) is 155 Å². The number of halogens is 2. The Morgan fingerprint density at radius 1 is 0.986 bits per heavy atom. The Morgan fingerprint density at radius 3 is 2.26 bits per heavy atom. The molecule has 0 saturated carbocycles. The third kappa shape index (κ3) is 14.4. The molecule has 4 heterocycles. The largest absolute Gasteiger partial charge is 0.737 e. The molecule has 74 heavy (non-hydrogen) atoms. The van der Waals surface area contributed by atoms with Crippen molar-refractivity contribution in [3.8, 4) is 0 Å². The van der Waals surface area contributed by atoms with Crippen molar-refractivity contribution in [2.45, 2.75) is 162 Å². The standard InChI is InChI=1S/C54H84BF2N9O8/c1-13-34(4)49(63(10)52(71)48(33(2)3)62-53(72)54(8,9)58)44(73-11)32-47(69)64-27-17-20-42(64)50(74-12)37(7)51(70)61-39(29-38-18-15-14-16-19-38)30-46(68)60-26-25-59-45(67)24-23-40-21-22-41-31-43-35(5)28-36(6)65(43)55(56,57)66(40)41/h14-16,18-19,21-22,28,31,33-34,37,39,42,44,47-50,69H,13,17,20,23-27,29-30,32,58H2,1-12H3,(H,59,67)(H,60,68)(H,61,70)(H,62,72)/t34-,37+,39-,42-,44+,47?,48-,49-,50+/m0/s1. The molecule has 3 aliphatic heterocycles. The van der Waals surface area contributed by atoms with Gasteiger partial charge in [0.15, 0.2) is 5.70 Å². The number of nitrogens with zero attached hydrogens (tertiary/aromatic N) is 4. The molecular formula is C54H84BF2N9O8. The Morgan fingerprint density at radius 2 is 1.65 bits per heavy atom. The van der Waals surface area contributed by atoms with Crippen molar-refractivity contribution in [3.63, 3.8) is 0 Å². The number of methoxy groups -OCH3 is 2. The number of likely N-dealkylation sites (N-methyl/N-ethyl adjacent to an activating group) is 1. The molecule has 9 atom stereocenters. The second kappa shape index (κ2) is 26.0. The molecule has 20 heteroatoms. The first-order valence-electron chi connectivity index (χ1n) is 26.3. The normalized spacial score (nSPS) is 19.6. The zero-order valence-corrected chi connectivity index (χ0v) is 45.8. The average molecular weight is 1040 g/mol. The first-order valence-corrected chi connectivity index (χ1v) is 26.3. The number of carbonyl (C=O) groups is 5. The van der Waals surface area contributed by atoms with E-state index < -0.39 is 60.9 Å². The molecule has 0 aliphatic carbocycles. The summed E-state index contributed by atoms with van der Waals surface area (Å²) in [7, 11) is 4.81. The number of benzene rings is 1. The van der Waals surface area contributed by atoms with Crippen LogP contribution in [-0.2, 0) is 39.9 Å². The van der Waals surface area contributed by atoms with Gasteiger partial charge in [0, 0.05) is 103 Å². The van der Waals surface area contributed by atoms with Gasteiger partial charge in [0.05, 0.1) is 29.7 Å². The third-order valence-electron chi connectivity index (χ3n) is 15.1. The highest BCUT2D eigenvalue weighted by atomic mass is 19.2. The van der Waals surface area contributed by atoms with E-state index in [1.807, 2.05) is 69.9 Å². The lowest BCUT2D eigenvalue weighted by Crippen LogP contribution is -2.60. The number of nitrogens with two attached hydrogens (primary N) is 1. The number of aryl methyl sites for hydroxylation is 2. The van der Waals surface area contributed by atoms with E-state index in [0.717, 1.165) is 26.5 Å². The number of nitrogens with one attached hydrogen (secondary N) is 4. The van der Waals surface area contributed by atoms with E-state index in [2.05, 4.69) is 21.3 Å². The predicted octanol–water partition coefficient (Wildman–Crippen LogP) is 4.43. The Hall–Kier alpha value is -5.28. The van der Waals surface area contributed by atoms with Gasteiger partial charge in [-0.2, -0.15) is 0 Å². The second-order valence-electron chi connectivity index (χ2n) is 21.5. The van der Waals surface area contributed by atoms with Gasteiger partial charge in [-0.1, -0.05) is 71.4 Å². The lowest BCUT2D eigenvalue weighted by Gasteiger charge is -2.42. The Balaban J connectivity index is 1.18. The van der Waals surface area contributed by atoms with Gasteiger partial charge >= 0.3 is 6.97 Å². The highest BCUT2D eigenvalue weighted by Gasteiger charge is 2.52. The van der Waals surface area contributed by atoms with Gasteiger partial charge in [-0.25, -0.2) is 0 Å². The number of carbonyl (C=O) groups excluding carboxylic acids is 5. The van der Waals surface area contributed by atoms with Crippen molar-refractivity contribution >= 4 is 48.3 Å². The van der Waals surface area contributed by atoms with Gasteiger partial charge < -0.3 is 64.1 Å². The predicted molar refractivity (Wildman–Crippen MR) is 284 cm³/mol. The van der Waals surface area contributed by atoms with Crippen molar-refractivity contribution < 1.29 is 51.7 Å². The minimum Gasteiger partial charge on any atom is -0.394 e. The van der Waals surface area contributed by atoms with Gasteiger partial charge in [0.2, 0.25) is 29.5 Å². The number of hydrogen-bond acceptors (Lipinski definition) is 10. The van der Waals surface area contributed by atoms with Crippen LogP contribution in [0.1, 0.15) is 116 Å². The van der Waals surface area contributed by atoms with E-state index in [4.69, 9.17) is 15.2 Å². The van der Waals surface area contributed by atoms with Crippen LogP contribution in [0.2, 0.25) is 0 Å². The maximum Gasteiger partial charge on any atom is 0.737 e. The fourth-order valence-corrected chi connectivity index (χ4v) is 10.9. The van der Waals surface area contributed by atoms with Gasteiger partial charge in [-0.15, -0.1) is 0 Å². The van der Waals surface area contributed by atoms with E-state index in [1.54, 1.807) is 78.2 Å². The number of ether oxygens (including phenoxy) is 2. The molecule has 2 aromatic rings. The number of rotatable bonds is 27. The van der Waals surface area contributed by atoms with Crippen molar-refractivity contribution in [2.24, 2.45) is 23.5 Å². The fraction of sp³-hybridized carbons (Fsp3) is 0.630. The molecule has 0 radical (unpaired) electrons. The molecule has 3 aliphatic rings. The minimum absolute atomic E-state index is 0.0211. The molecule has 1 saturated heterocycles. The second-order valence-corrected chi connectivity index (χ2v) is 21.5. The van der Waals surface area contributed by atoms with Crippen LogP contribution in [0.25, 0.3) is 6.08 Å². The highest BCUT2D eigenvalue weighted by molar-refractivity contribution is 6.58. The van der Waals surface area contributed by atoms with E-state index in [1.165, 1.54) is 0 Å². The number of aliphatic hydroxyl groups excluding tert-OH is 1. The topological polar surface area (TPSA) is 213 Å². The number of allylic oxidation sites excluding steroid dienone is 2. The molecule has 17 nitrogen and oxygen atoms in total. The van der Waals surface area contributed by atoms with Gasteiger partial charge in [0.1, 0.15) is 18.0 Å². The summed E-state index contributed by atoms with van der Waals surface area (Å²) in [5.74, 6) is -2.71. The molecule has 5 rings (SSSR count). The van der Waals surface area contributed by atoms with Crippen LogP contribution in [0, 0.1) is 31.6 Å². The maximum absolute atomic E-state index is 15.9. The zero-order valence-electron chi connectivity index (χ0n) is 45.8. The van der Waals surface area contributed by atoms with Crippen molar-refractivity contribution in [1.29, 1.82) is 0 Å². The summed E-state index contributed by atoms with van der Waals surface area (Å²) in [5.41, 5.74) is 8.28. The highest BCUT2D eigenvalue weighted by Crippen LogP contribution is 2.35. The van der Waals surface area contributed by atoms with Crippen LogP contribution in [0.15, 0.2) is 54.2 Å². The van der Waals surface area contributed by atoms with E-state index in [-0.39, 0.29) is 80.3 Å². The number of likely N-dealkylation sites (tertiary alicyclic amines) is 1. The average Bonchev–Trinajstić information content (AvgIpc) is 4.08. The van der Waals surface area contributed by atoms with Crippen LogP contribution < -0.4 is 27.0 Å². The summed E-state index contributed by atoms with van der Waals surface area (Å²) in [6.45, 7) is 12.8. The van der Waals surface area contributed by atoms with E-state index in [0.29, 0.717) is 48.6 Å². The number of hydrogen-bond donors (Lipinski definition) is 6. The van der Waals surface area contributed by atoms with Crippen LogP contribution in [0.5, 0.6) is 0 Å². The summed E-state index contributed by atoms with van der Waals surface area (Å²) < 4.78 is 46.0. The van der Waals surface area contributed by atoms with Crippen molar-refractivity contribution in [3.05, 3.63) is 76.8 Å². The van der Waals surface area contributed by atoms with E-state index >= 15 is 8.63 Å². The number of aliphatic hydroxyl groups is 1. The Labute approximate surface area is 437 Å². The first kappa shape index (κ1) is 59.6. The number of fused-ring (bicyclic) bond motifs is 2. The monoisotopic (exact) mass is 1040 g/mol. The quantitative estimate of drug-likeness (QED) is 0.0548. The first-order chi connectivity index (χ1) is 34.8. The summed E-state index contributed by atoms with van der Waals surface area (Å²) >= 11 is 0. The number of aromatic nitrogens is 1. The molecule has 410 valence electrons. The minimum atomic E-state index is -4.13. The van der Waals surface area contributed by atoms with Gasteiger partial charge in [0.25, 0.3) is 0 Å².